The van der Waals surface area contributed by atoms with Crippen molar-refractivity contribution >= 4 is 11.8 Å². The fourth-order valence-corrected chi connectivity index (χ4v) is 2.69. The number of esters is 1. The third-order valence-corrected chi connectivity index (χ3v) is 3.89. The molecule has 0 aliphatic carbocycles. The van der Waals surface area contributed by atoms with Crippen LogP contribution in [0.25, 0.3) is 0 Å². The second-order valence-corrected chi connectivity index (χ2v) is 4.84. The molecule has 1 aromatic heterocycles. The van der Waals surface area contributed by atoms with E-state index in [1.54, 1.807) is 6.92 Å². The zero-order chi connectivity index (χ0) is 13.8. The van der Waals surface area contributed by atoms with Gasteiger partial charge in [0.25, 0.3) is 5.56 Å². The quantitative estimate of drug-likeness (QED) is 0.726. The van der Waals surface area contributed by atoms with Crippen molar-refractivity contribution in [3.05, 3.63) is 33.2 Å². The van der Waals surface area contributed by atoms with Crippen LogP contribution in [0.15, 0.2) is 10.9 Å². The minimum absolute atomic E-state index is 0.0932. The first-order valence-electron chi connectivity index (χ1n) is 6.19. The number of aromatic nitrogens is 1. The van der Waals surface area contributed by atoms with Gasteiger partial charge in [-0.25, -0.2) is 4.79 Å². The Morgan fingerprint density at radius 3 is 2.84 bits per heavy atom. The fraction of sp³-hybridized carbons (Fsp3) is 0.462. The number of carbonyl (C=O) groups is 2. The van der Waals surface area contributed by atoms with Gasteiger partial charge < -0.3 is 14.4 Å². The van der Waals surface area contributed by atoms with Crippen LogP contribution < -0.4 is 5.56 Å². The fourth-order valence-electron chi connectivity index (χ4n) is 2.69. The van der Waals surface area contributed by atoms with Gasteiger partial charge in [-0.1, -0.05) is 6.92 Å². The number of ketones is 1. The van der Waals surface area contributed by atoms with Gasteiger partial charge in [-0.15, -0.1) is 0 Å². The summed E-state index contributed by atoms with van der Waals surface area (Å²) in [5.41, 5.74) is -1.42. The molecule has 100 valence electrons. The molecule has 6 heteroatoms. The van der Waals surface area contributed by atoms with Gasteiger partial charge in [0.1, 0.15) is 6.61 Å². The highest BCUT2D eigenvalue weighted by atomic mass is 16.6. The maximum absolute atomic E-state index is 12.3. The molecule has 0 saturated heterocycles. The Balaban J connectivity index is 2.33. The van der Waals surface area contributed by atoms with Crippen LogP contribution in [0.1, 0.15) is 41.4 Å². The van der Waals surface area contributed by atoms with Gasteiger partial charge in [0, 0.05) is 18.5 Å². The number of carbonyl (C=O) groups excluding carboxylic acids is 2. The highest BCUT2D eigenvalue weighted by molar-refractivity contribution is 5.97. The second-order valence-electron chi connectivity index (χ2n) is 4.84. The Morgan fingerprint density at radius 2 is 2.16 bits per heavy atom. The normalized spacial score (nSPS) is 24.9. The number of hydrogen-bond donors (Lipinski definition) is 1. The van der Waals surface area contributed by atoms with Gasteiger partial charge in [-0.2, -0.15) is 0 Å². The highest BCUT2D eigenvalue weighted by Crippen LogP contribution is 2.34. The number of ether oxygens (including phenoxy) is 1. The number of pyridine rings is 1. The summed E-state index contributed by atoms with van der Waals surface area (Å²) in [6, 6.07) is 1.47. The lowest BCUT2D eigenvalue weighted by Crippen LogP contribution is -2.44. The molecule has 0 radical (unpaired) electrons. The summed E-state index contributed by atoms with van der Waals surface area (Å²) in [5.74, 6) is -0.908. The third-order valence-electron chi connectivity index (χ3n) is 3.89. The lowest BCUT2D eigenvalue weighted by atomic mass is 9.86. The Kier molecular flexibility index (Phi) is 2.40. The summed E-state index contributed by atoms with van der Waals surface area (Å²) >= 11 is 0. The van der Waals surface area contributed by atoms with Crippen molar-refractivity contribution in [1.29, 1.82) is 0 Å². The van der Waals surface area contributed by atoms with Gasteiger partial charge in [0.05, 0.1) is 11.3 Å². The number of rotatable bonds is 1. The van der Waals surface area contributed by atoms with E-state index in [-0.39, 0.29) is 47.6 Å². The van der Waals surface area contributed by atoms with Gasteiger partial charge in [0.15, 0.2) is 11.4 Å². The number of aliphatic hydroxyl groups is 1. The molecule has 2 aliphatic heterocycles. The molecule has 6 nitrogen and oxygen atoms in total. The Hall–Kier alpha value is -1.95. The van der Waals surface area contributed by atoms with Crippen molar-refractivity contribution in [1.82, 2.24) is 4.57 Å². The third kappa shape index (κ3) is 1.43. The summed E-state index contributed by atoms with van der Waals surface area (Å²) in [4.78, 5) is 35.7. The standard InChI is InChI=1S/C13H13NO5/c1-2-13(18)8-5-9-10(15)3-4-14(9)11(16)7(8)6-19-12(13)17/h5,18H,2-4,6H2,1H3/t13-/m1/s1. The van der Waals surface area contributed by atoms with Crippen LogP contribution in [0.5, 0.6) is 0 Å². The topological polar surface area (TPSA) is 85.6 Å². The van der Waals surface area contributed by atoms with E-state index in [1.807, 2.05) is 0 Å². The summed E-state index contributed by atoms with van der Waals surface area (Å²) < 4.78 is 6.28. The minimum Gasteiger partial charge on any atom is -0.458 e. The average Bonchev–Trinajstić information content (AvgIpc) is 2.77. The molecule has 1 atom stereocenters. The van der Waals surface area contributed by atoms with Crippen LogP contribution in [0, 0.1) is 0 Å². The largest absolute Gasteiger partial charge is 0.458 e. The molecule has 0 spiro atoms. The Morgan fingerprint density at radius 1 is 1.42 bits per heavy atom. The number of Topliss-reactive ketones (excluding diaryl/α,β-unsaturated/α-hetero) is 1. The van der Waals surface area contributed by atoms with E-state index in [4.69, 9.17) is 4.74 Å². The van der Waals surface area contributed by atoms with E-state index in [0.29, 0.717) is 6.54 Å². The molecule has 19 heavy (non-hydrogen) atoms. The maximum Gasteiger partial charge on any atom is 0.343 e. The smallest absolute Gasteiger partial charge is 0.343 e. The summed E-state index contributed by atoms with van der Waals surface area (Å²) in [6.45, 7) is 1.82. The van der Waals surface area contributed by atoms with Crippen LogP contribution in [-0.4, -0.2) is 21.4 Å². The van der Waals surface area contributed by atoms with Crippen molar-refractivity contribution < 1.29 is 19.4 Å². The van der Waals surface area contributed by atoms with Gasteiger partial charge in [-0.3, -0.25) is 9.59 Å². The SMILES string of the molecule is CC[C@]1(O)C(=O)OCc2c1cc1n(c2=O)CCC1=O. The van der Waals surface area contributed by atoms with Crippen LogP contribution >= 0.6 is 0 Å². The first-order chi connectivity index (χ1) is 8.99. The van der Waals surface area contributed by atoms with Crippen LogP contribution in [0.3, 0.4) is 0 Å². The molecule has 1 N–H and O–H groups in total. The van der Waals surface area contributed by atoms with E-state index < -0.39 is 11.6 Å². The number of hydrogen-bond acceptors (Lipinski definition) is 5. The van der Waals surface area contributed by atoms with E-state index in [0.717, 1.165) is 0 Å². The molecule has 0 amide bonds. The van der Waals surface area contributed by atoms with Crippen LogP contribution in [0.4, 0.5) is 0 Å². The van der Waals surface area contributed by atoms with E-state index in [1.165, 1.54) is 10.6 Å². The van der Waals surface area contributed by atoms with Crippen molar-refractivity contribution in [3.8, 4) is 0 Å². The molecule has 1 aromatic rings. The summed E-state index contributed by atoms with van der Waals surface area (Å²) in [5, 5.41) is 10.4. The van der Waals surface area contributed by atoms with Crippen molar-refractivity contribution in [2.24, 2.45) is 0 Å². The molecular formula is C13H13NO5. The summed E-state index contributed by atoms with van der Waals surface area (Å²) in [6.07, 6.45) is 0.368. The van der Waals surface area contributed by atoms with E-state index in [2.05, 4.69) is 0 Å². The van der Waals surface area contributed by atoms with E-state index in [9.17, 15) is 19.5 Å². The molecule has 0 aromatic carbocycles. The Labute approximate surface area is 108 Å². The predicted molar refractivity (Wildman–Crippen MR) is 63.6 cm³/mol. The van der Waals surface area contributed by atoms with Crippen molar-refractivity contribution in [2.75, 3.05) is 0 Å². The van der Waals surface area contributed by atoms with Gasteiger partial charge in [-0.05, 0) is 12.5 Å². The molecule has 3 heterocycles. The van der Waals surface area contributed by atoms with Crippen LogP contribution in [-0.2, 0) is 28.3 Å². The maximum atomic E-state index is 12.3. The second kappa shape index (κ2) is 3.77. The molecule has 0 fully saturated rings. The summed E-state index contributed by atoms with van der Waals surface area (Å²) in [7, 11) is 0. The number of cyclic esters (lactones) is 1. The number of nitrogens with zero attached hydrogens (tertiary/aromatic N) is 1. The predicted octanol–water partition coefficient (Wildman–Crippen LogP) is 0.0891. The molecule has 0 bridgehead atoms. The van der Waals surface area contributed by atoms with Crippen molar-refractivity contribution in [2.45, 2.75) is 38.5 Å². The lowest BCUT2D eigenvalue weighted by molar-refractivity contribution is -0.172. The molecule has 3 rings (SSSR count). The molecule has 0 saturated carbocycles. The minimum atomic E-state index is -1.83. The highest BCUT2D eigenvalue weighted by Gasteiger charge is 2.45. The molecule has 0 unspecified atom stereocenters. The van der Waals surface area contributed by atoms with Crippen LogP contribution in [0.2, 0.25) is 0 Å². The number of fused-ring (bicyclic) bond motifs is 2. The Bertz CT molecular complexity index is 660. The molecular weight excluding hydrogens is 250 g/mol. The monoisotopic (exact) mass is 263 g/mol. The lowest BCUT2D eigenvalue weighted by Gasteiger charge is -2.31. The first-order valence-corrected chi connectivity index (χ1v) is 6.19. The zero-order valence-electron chi connectivity index (χ0n) is 10.4. The average molecular weight is 263 g/mol. The van der Waals surface area contributed by atoms with E-state index >= 15 is 0 Å². The molecule has 2 aliphatic rings. The van der Waals surface area contributed by atoms with Gasteiger partial charge in [0.2, 0.25) is 0 Å². The van der Waals surface area contributed by atoms with Crippen molar-refractivity contribution in [3.63, 3.8) is 0 Å². The first kappa shape index (κ1) is 12.1. The van der Waals surface area contributed by atoms with Gasteiger partial charge >= 0.3 is 5.97 Å². The zero-order valence-corrected chi connectivity index (χ0v) is 10.4.